The van der Waals surface area contributed by atoms with Gasteiger partial charge in [-0.25, -0.2) is 14.4 Å². The standard InChI is InChI=1S/C17H13FN8O2S/c1-9(10-4-6-11(18)7-5-10)20-22-17(27)13-14(12-3-2-8-29-12)26(25-21-13)16-15(19)23-28-24-16/h2-8H,1H3,(H2,19,23)(H,22,27)/b20-9+. The van der Waals surface area contributed by atoms with Gasteiger partial charge in [0.25, 0.3) is 5.91 Å². The zero-order chi connectivity index (χ0) is 20.4. The number of nitrogen functional groups attached to an aromatic ring is 1. The van der Waals surface area contributed by atoms with Crippen LogP contribution in [0.25, 0.3) is 16.4 Å². The third-order valence-electron chi connectivity index (χ3n) is 3.92. The average Bonchev–Trinajstić information content (AvgIpc) is 3.46. The number of hydrogen-bond donors (Lipinski definition) is 2. The molecule has 0 saturated carbocycles. The highest BCUT2D eigenvalue weighted by Crippen LogP contribution is 2.29. The van der Waals surface area contributed by atoms with Crippen molar-refractivity contribution in [3.63, 3.8) is 0 Å². The lowest BCUT2D eigenvalue weighted by atomic mass is 10.1. The molecular weight excluding hydrogens is 399 g/mol. The van der Waals surface area contributed by atoms with Crippen LogP contribution in [0.15, 0.2) is 51.5 Å². The molecule has 0 atom stereocenters. The predicted molar refractivity (Wildman–Crippen MR) is 103 cm³/mol. The van der Waals surface area contributed by atoms with E-state index in [1.54, 1.807) is 25.1 Å². The number of amides is 1. The maximum Gasteiger partial charge on any atom is 0.294 e. The number of carbonyl (C=O) groups excluding carboxylic acids is 1. The first-order valence-electron chi connectivity index (χ1n) is 8.23. The molecule has 29 heavy (non-hydrogen) atoms. The lowest BCUT2D eigenvalue weighted by Crippen LogP contribution is -2.20. The van der Waals surface area contributed by atoms with Gasteiger partial charge in [-0.1, -0.05) is 23.4 Å². The zero-order valence-electron chi connectivity index (χ0n) is 14.9. The fourth-order valence-corrected chi connectivity index (χ4v) is 3.25. The quantitative estimate of drug-likeness (QED) is 0.379. The molecule has 12 heteroatoms. The number of halogens is 1. The van der Waals surface area contributed by atoms with E-state index in [1.807, 2.05) is 11.4 Å². The number of carbonyl (C=O) groups is 1. The number of nitrogens with zero attached hydrogens (tertiary/aromatic N) is 6. The highest BCUT2D eigenvalue weighted by molar-refractivity contribution is 7.13. The van der Waals surface area contributed by atoms with Gasteiger partial charge in [-0.2, -0.15) is 9.78 Å². The van der Waals surface area contributed by atoms with Gasteiger partial charge in [0.2, 0.25) is 11.6 Å². The Bertz CT molecular complexity index is 1180. The van der Waals surface area contributed by atoms with E-state index < -0.39 is 5.91 Å². The molecule has 146 valence electrons. The summed E-state index contributed by atoms with van der Waals surface area (Å²) in [6, 6.07) is 9.37. The normalized spacial score (nSPS) is 11.6. The van der Waals surface area contributed by atoms with Crippen molar-refractivity contribution in [2.24, 2.45) is 5.10 Å². The predicted octanol–water partition coefficient (Wildman–Crippen LogP) is 2.25. The number of anilines is 1. The Morgan fingerprint density at radius 3 is 2.72 bits per heavy atom. The molecule has 10 nitrogen and oxygen atoms in total. The summed E-state index contributed by atoms with van der Waals surface area (Å²) in [5, 5.41) is 21.1. The molecule has 3 aromatic heterocycles. The van der Waals surface area contributed by atoms with Crippen LogP contribution < -0.4 is 11.2 Å². The molecule has 0 radical (unpaired) electrons. The van der Waals surface area contributed by atoms with Crippen molar-refractivity contribution in [2.75, 3.05) is 5.73 Å². The molecule has 3 N–H and O–H groups in total. The molecule has 4 rings (SSSR count). The van der Waals surface area contributed by atoms with E-state index in [1.165, 1.54) is 28.2 Å². The lowest BCUT2D eigenvalue weighted by Gasteiger charge is -2.04. The number of nitrogens with two attached hydrogens (primary N) is 1. The van der Waals surface area contributed by atoms with E-state index in [4.69, 9.17) is 5.73 Å². The molecular formula is C17H13FN8O2S. The van der Waals surface area contributed by atoms with Gasteiger partial charge in [0, 0.05) is 0 Å². The van der Waals surface area contributed by atoms with Crippen molar-refractivity contribution < 1.29 is 13.8 Å². The van der Waals surface area contributed by atoms with Crippen molar-refractivity contribution in [1.29, 1.82) is 0 Å². The van der Waals surface area contributed by atoms with Gasteiger partial charge in [0.1, 0.15) is 11.5 Å². The number of hydrogen-bond acceptors (Lipinski definition) is 9. The van der Waals surface area contributed by atoms with Crippen molar-refractivity contribution in [3.05, 3.63) is 58.9 Å². The van der Waals surface area contributed by atoms with Gasteiger partial charge in [0.15, 0.2) is 5.69 Å². The van der Waals surface area contributed by atoms with Crippen LogP contribution in [0.1, 0.15) is 23.0 Å². The van der Waals surface area contributed by atoms with Gasteiger partial charge in [0.05, 0.1) is 10.6 Å². The topological polar surface area (TPSA) is 137 Å². The molecule has 1 aromatic carbocycles. The summed E-state index contributed by atoms with van der Waals surface area (Å²) in [5.74, 6) is -0.823. The zero-order valence-corrected chi connectivity index (χ0v) is 15.7. The third-order valence-corrected chi connectivity index (χ3v) is 4.80. The first kappa shape index (κ1) is 18.4. The number of nitrogens with one attached hydrogen (secondary N) is 1. The fraction of sp³-hybridized carbons (Fsp3) is 0.0588. The third kappa shape index (κ3) is 3.60. The first-order chi connectivity index (χ1) is 14.0. The maximum atomic E-state index is 13.1. The van der Waals surface area contributed by atoms with E-state index >= 15 is 0 Å². The second-order valence-electron chi connectivity index (χ2n) is 5.79. The van der Waals surface area contributed by atoms with E-state index in [0.29, 0.717) is 21.8 Å². The van der Waals surface area contributed by atoms with E-state index in [0.717, 1.165) is 0 Å². The molecule has 0 aliphatic carbocycles. The second-order valence-corrected chi connectivity index (χ2v) is 6.74. The Kier molecular flexibility index (Phi) is 4.83. The van der Waals surface area contributed by atoms with Gasteiger partial charge in [-0.15, -0.1) is 16.4 Å². The van der Waals surface area contributed by atoms with Crippen LogP contribution >= 0.6 is 11.3 Å². The summed E-state index contributed by atoms with van der Waals surface area (Å²) in [5.41, 5.74) is 9.74. The summed E-state index contributed by atoms with van der Waals surface area (Å²) in [7, 11) is 0. The Balaban J connectivity index is 1.67. The average molecular weight is 412 g/mol. The number of rotatable bonds is 5. The van der Waals surface area contributed by atoms with Crippen LogP contribution in [0.3, 0.4) is 0 Å². The van der Waals surface area contributed by atoms with Crippen LogP contribution in [0, 0.1) is 5.82 Å². The van der Waals surface area contributed by atoms with E-state index in [-0.39, 0.29) is 23.1 Å². The molecule has 4 aromatic rings. The van der Waals surface area contributed by atoms with Gasteiger partial charge >= 0.3 is 0 Å². The molecule has 1 amide bonds. The first-order valence-corrected chi connectivity index (χ1v) is 9.11. The number of thiophene rings is 1. The van der Waals surface area contributed by atoms with Gasteiger partial charge in [-0.05, 0) is 46.4 Å². The van der Waals surface area contributed by atoms with Crippen LogP contribution in [-0.2, 0) is 0 Å². The molecule has 0 fully saturated rings. The fourth-order valence-electron chi connectivity index (χ4n) is 2.50. The molecule has 0 bridgehead atoms. The molecule has 0 spiro atoms. The molecule has 0 aliphatic heterocycles. The van der Waals surface area contributed by atoms with E-state index in [9.17, 15) is 9.18 Å². The van der Waals surface area contributed by atoms with Crippen LogP contribution in [-0.4, -0.2) is 36.9 Å². The summed E-state index contributed by atoms with van der Waals surface area (Å²) in [6.45, 7) is 1.69. The van der Waals surface area contributed by atoms with Crippen LogP contribution in [0.4, 0.5) is 10.2 Å². The molecule has 0 aliphatic rings. The SMILES string of the molecule is C/C(=N\NC(=O)c1nnn(-c2nonc2N)c1-c1cccs1)c1ccc(F)cc1. The summed E-state index contributed by atoms with van der Waals surface area (Å²) >= 11 is 1.38. The molecule has 0 unspecified atom stereocenters. The smallest absolute Gasteiger partial charge is 0.294 e. The Morgan fingerprint density at radius 2 is 2.07 bits per heavy atom. The summed E-state index contributed by atoms with van der Waals surface area (Å²) < 4.78 is 19.0. The van der Waals surface area contributed by atoms with Crippen LogP contribution in [0.5, 0.6) is 0 Å². The minimum Gasteiger partial charge on any atom is -0.378 e. The Morgan fingerprint density at radius 1 is 1.28 bits per heavy atom. The number of benzene rings is 1. The summed E-state index contributed by atoms with van der Waals surface area (Å²) in [6.07, 6.45) is 0. The Labute approximate surface area is 166 Å². The second kappa shape index (κ2) is 7.59. The molecule has 0 saturated heterocycles. The highest BCUT2D eigenvalue weighted by Gasteiger charge is 2.25. The van der Waals surface area contributed by atoms with Crippen LogP contribution in [0.2, 0.25) is 0 Å². The van der Waals surface area contributed by atoms with Gasteiger partial charge in [-0.3, -0.25) is 4.79 Å². The molecule has 3 heterocycles. The Hall–Kier alpha value is -3.93. The maximum absolute atomic E-state index is 13.1. The van der Waals surface area contributed by atoms with Crippen molar-refractivity contribution in [2.45, 2.75) is 6.92 Å². The minimum atomic E-state index is -0.587. The van der Waals surface area contributed by atoms with Crippen molar-refractivity contribution in [3.8, 4) is 16.4 Å². The monoisotopic (exact) mass is 412 g/mol. The van der Waals surface area contributed by atoms with Crippen molar-refractivity contribution in [1.82, 2.24) is 30.7 Å². The van der Waals surface area contributed by atoms with Crippen molar-refractivity contribution >= 4 is 28.8 Å². The summed E-state index contributed by atoms with van der Waals surface area (Å²) in [4.78, 5) is 13.4. The minimum absolute atomic E-state index is 0.00448. The highest BCUT2D eigenvalue weighted by atomic mass is 32.1. The number of aromatic nitrogens is 5. The number of hydrazone groups is 1. The lowest BCUT2D eigenvalue weighted by molar-refractivity contribution is 0.0950. The van der Waals surface area contributed by atoms with Gasteiger partial charge < -0.3 is 5.73 Å². The van der Waals surface area contributed by atoms with E-state index in [2.05, 4.69) is 35.8 Å². The largest absolute Gasteiger partial charge is 0.378 e.